The van der Waals surface area contributed by atoms with Crippen molar-refractivity contribution in [3.05, 3.63) is 42.5 Å². The van der Waals surface area contributed by atoms with Gasteiger partial charge in [-0.25, -0.2) is 0 Å². The number of nitrogens with zero attached hydrogens (tertiary/aromatic N) is 1. The maximum Gasteiger partial charge on any atom is 0.0445 e. The molecule has 1 aliphatic heterocycles. The van der Waals surface area contributed by atoms with Crippen molar-refractivity contribution in [2.75, 3.05) is 18.5 Å². The van der Waals surface area contributed by atoms with Gasteiger partial charge in [0.2, 0.25) is 0 Å². The summed E-state index contributed by atoms with van der Waals surface area (Å²) in [4.78, 5) is 2.48. The van der Waals surface area contributed by atoms with Crippen molar-refractivity contribution in [1.29, 1.82) is 0 Å². The lowest BCUT2D eigenvalue weighted by molar-refractivity contribution is 0.272. The van der Waals surface area contributed by atoms with Crippen LogP contribution in [0.3, 0.4) is 0 Å². The molecular weight excluding hydrogens is 244 g/mol. The fourth-order valence-corrected chi connectivity index (χ4v) is 3.38. The number of nitrogens with one attached hydrogen (secondary N) is 1. The Balaban J connectivity index is 1.94. The molecule has 1 aliphatic rings. The normalized spacial score (nSPS) is 21.9. The molecule has 20 heavy (non-hydrogen) atoms. The Morgan fingerprint density at radius 3 is 2.65 bits per heavy atom. The van der Waals surface area contributed by atoms with Crippen LogP contribution in [0.1, 0.15) is 26.7 Å². The van der Waals surface area contributed by atoms with Gasteiger partial charge in [0.1, 0.15) is 0 Å². The molecule has 0 saturated carbocycles. The Hall–Kier alpha value is -1.54. The Kier molecular flexibility index (Phi) is 3.43. The van der Waals surface area contributed by atoms with Crippen molar-refractivity contribution in [2.24, 2.45) is 0 Å². The van der Waals surface area contributed by atoms with Gasteiger partial charge in [0.15, 0.2) is 0 Å². The van der Waals surface area contributed by atoms with E-state index in [1.807, 2.05) is 0 Å². The molecule has 1 N–H and O–H groups in total. The van der Waals surface area contributed by atoms with Gasteiger partial charge < -0.3 is 10.2 Å². The van der Waals surface area contributed by atoms with Gasteiger partial charge in [0.25, 0.3) is 0 Å². The number of hydrogen-bond acceptors (Lipinski definition) is 2. The predicted octanol–water partition coefficient (Wildman–Crippen LogP) is 3.81. The molecule has 0 aliphatic carbocycles. The molecule has 2 aromatic rings. The van der Waals surface area contributed by atoms with Crippen molar-refractivity contribution >= 4 is 16.5 Å². The highest BCUT2D eigenvalue weighted by Crippen LogP contribution is 2.31. The van der Waals surface area contributed by atoms with Crippen LogP contribution in [0.25, 0.3) is 10.8 Å². The van der Waals surface area contributed by atoms with Crippen LogP contribution in [-0.4, -0.2) is 25.2 Å². The van der Waals surface area contributed by atoms with Gasteiger partial charge in [-0.2, -0.15) is 0 Å². The van der Waals surface area contributed by atoms with E-state index in [1.165, 1.54) is 29.3 Å². The third-order valence-electron chi connectivity index (χ3n) is 4.52. The minimum Gasteiger partial charge on any atom is -0.371 e. The lowest BCUT2D eigenvalue weighted by Gasteiger charge is -2.41. The number of anilines is 1. The van der Waals surface area contributed by atoms with E-state index in [9.17, 15) is 0 Å². The summed E-state index contributed by atoms with van der Waals surface area (Å²) in [7, 11) is 2.24. The zero-order valence-corrected chi connectivity index (χ0v) is 12.7. The first-order valence-electron chi connectivity index (χ1n) is 7.52. The molecule has 1 atom stereocenters. The van der Waals surface area contributed by atoms with Crippen LogP contribution in [0.15, 0.2) is 42.5 Å². The fourth-order valence-electron chi connectivity index (χ4n) is 3.38. The molecule has 1 saturated heterocycles. The van der Waals surface area contributed by atoms with E-state index >= 15 is 0 Å². The molecule has 2 aromatic carbocycles. The van der Waals surface area contributed by atoms with Crippen molar-refractivity contribution in [3.63, 3.8) is 0 Å². The molecule has 0 spiro atoms. The lowest BCUT2D eigenvalue weighted by Crippen LogP contribution is -2.52. The molecule has 1 heterocycles. The molecule has 1 unspecified atom stereocenters. The van der Waals surface area contributed by atoms with Gasteiger partial charge in [0.05, 0.1) is 0 Å². The number of benzene rings is 2. The van der Waals surface area contributed by atoms with Crippen LogP contribution in [0.4, 0.5) is 5.69 Å². The first-order valence-corrected chi connectivity index (χ1v) is 7.52. The minimum atomic E-state index is 0.238. The van der Waals surface area contributed by atoms with Crippen molar-refractivity contribution < 1.29 is 0 Å². The maximum atomic E-state index is 3.61. The van der Waals surface area contributed by atoms with E-state index < -0.39 is 0 Å². The summed E-state index contributed by atoms with van der Waals surface area (Å²) < 4.78 is 0. The fraction of sp³-hybridized carbons (Fsp3) is 0.444. The number of piperidine rings is 1. The third kappa shape index (κ3) is 2.53. The second kappa shape index (κ2) is 5.10. The first-order chi connectivity index (χ1) is 9.57. The Labute approximate surface area is 121 Å². The van der Waals surface area contributed by atoms with Crippen LogP contribution in [-0.2, 0) is 0 Å². The Bertz CT molecular complexity index is 598. The molecule has 0 bridgehead atoms. The maximum absolute atomic E-state index is 3.61. The zero-order valence-electron chi connectivity index (χ0n) is 12.7. The highest BCUT2D eigenvalue weighted by Gasteiger charge is 2.30. The summed E-state index contributed by atoms with van der Waals surface area (Å²) in [6.45, 7) is 5.71. The summed E-state index contributed by atoms with van der Waals surface area (Å²) in [5.41, 5.74) is 1.59. The van der Waals surface area contributed by atoms with Crippen LogP contribution < -0.4 is 10.2 Å². The minimum absolute atomic E-state index is 0.238. The van der Waals surface area contributed by atoms with Gasteiger partial charge in [0, 0.05) is 29.7 Å². The van der Waals surface area contributed by atoms with Crippen LogP contribution in [0.5, 0.6) is 0 Å². The topological polar surface area (TPSA) is 15.3 Å². The molecule has 106 valence electrons. The van der Waals surface area contributed by atoms with E-state index in [0.717, 1.165) is 6.54 Å². The zero-order chi connectivity index (χ0) is 14.2. The summed E-state index contributed by atoms with van der Waals surface area (Å²) in [6, 6.07) is 15.9. The van der Waals surface area contributed by atoms with E-state index in [4.69, 9.17) is 0 Å². The Morgan fingerprint density at radius 1 is 1.10 bits per heavy atom. The lowest BCUT2D eigenvalue weighted by atomic mass is 9.88. The summed E-state index contributed by atoms with van der Waals surface area (Å²) in [5, 5.41) is 6.28. The summed E-state index contributed by atoms with van der Waals surface area (Å²) in [5.74, 6) is 0. The van der Waals surface area contributed by atoms with E-state index in [1.54, 1.807) is 0 Å². The molecule has 2 heteroatoms. The molecule has 0 amide bonds. The highest BCUT2D eigenvalue weighted by atomic mass is 15.2. The van der Waals surface area contributed by atoms with Gasteiger partial charge in [-0.05, 0) is 44.7 Å². The van der Waals surface area contributed by atoms with E-state index in [0.29, 0.717) is 6.04 Å². The standard InChI is InChI=1S/C18H24N2/c1-18(2)13-15(11-12-19-18)20(3)17-10-6-8-14-7-4-5-9-16(14)17/h4-10,15,19H,11-13H2,1-3H3. The van der Waals surface area contributed by atoms with Gasteiger partial charge in [-0.15, -0.1) is 0 Å². The van der Waals surface area contributed by atoms with Crippen LogP contribution in [0, 0.1) is 0 Å². The molecule has 0 aromatic heterocycles. The largest absolute Gasteiger partial charge is 0.371 e. The van der Waals surface area contributed by atoms with Crippen LogP contribution in [0.2, 0.25) is 0 Å². The van der Waals surface area contributed by atoms with E-state index in [2.05, 4.69) is 73.6 Å². The van der Waals surface area contributed by atoms with Gasteiger partial charge in [-0.1, -0.05) is 36.4 Å². The number of fused-ring (bicyclic) bond motifs is 1. The van der Waals surface area contributed by atoms with Gasteiger partial charge in [-0.3, -0.25) is 0 Å². The molecule has 3 rings (SSSR count). The number of hydrogen-bond donors (Lipinski definition) is 1. The second-order valence-electron chi connectivity index (χ2n) is 6.57. The smallest absolute Gasteiger partial charge is 0.0445 e. The molecule has 1 fully saturated rings. The second-order valence-corrected chi connectivity index (χ2v) is 6.57. The third-order valence-corrected chi connectivity index (χ3v) is 4.52. The van der Waals surface area contributed by atoms with Crippen molar-refractivity contribution in [3.8, 4) is 0 Å². The molecular formula is C18H24N2. The van der Waals surface area contributed by atoms with E-state index in [-0.39, 0.29) is 5.54 Å². The predicted molar refractivity (Wildman–Crippen MR) is 87.5 cm³/mol. The van der Waals surface area contributed by atoms with Crippen LogP contribution >= 0.6 is 0 Å². The van der Waals surface area contributed by atoms with Crippen molar-refractivity contribution in [2.45, 2.75) is 38.3 Å². The monoisotopic (exact) mass is 268 g/mol. The average Bonchev–Trinajstić information content (AvgIpc) is 2.45. The SMILES string of the molecule is CN(c1cccc2ccccc12)C1CCNC(C)(C)C1. The molecule has 0 radical (unpaired) electrons. The average molecular weight is 268 g/mol. The Morgan fingerprint density at radius 2 is 1.85 bits per heavy atom. The first kappa shape index (κ1) is 13.4. The van der Waals surface area contributed by atoms with Crippen molar-refractivity contribution in [1.82, 2.24) is 5.32 Å². The quantitative estimate of drug-likeness (QED) is 0.891. The molecule has 2 nitrogen and oxygen atoms in total. The summed E-state index contributed by atoms with van der Waals surface area (Å²) in [6.07, 6.45) is 2.40. The highest BCUT2D eigenvalue weighted by molar-refractivity contribution is 5.94. The summed E-state index contributed by atoms with van der Waals surface area (Å²) >= 11 is 0. The van der Waals surface area contributed by atoms with Gasteiger partial charge >= 0.3 is 0 Å². The number of rotatable bonds is 2.